The summed E-state index contributed by atoms with van der Waals surface area (Å²) < 4.78 is 4.96. The van der Waals surface area contributed by atoms with Crippen molar-refractivity contribution < 1.29 is 19.1 Å². The van der Waals surface area contributed by atoms with Crippen LogP contribution >= 0.6 is 0 Å². The van der Waals surface area contributed by atoms with Gasteiger partial charge in [0.25, 0.3) is 5.91 Å². The number of carbonyl (C=O) groups is 3. The predicted molar refractivity (Wildman–Crippen MR) is 94.3 cm³/mol. The van der Waals surface area contributed by atoms with Gasteiger partial charge in [-0.15, -0.1) is 0 Å². The molecule has 6 nitrogen and oxygen atoms in total. The zero-order valence-corrected chi connectivity index (χ0v) is 14.7. The summed E-state index contributed by atoms with van der Waals surface area (Å²) in [4.78, 5) is 34.9. The Morgan fingerprint density at radius 3 is 2.52 bits per heavy atom. The molecule has 1 saturated carbocycles. The largest absolute Gasteiger partial charge is 0.427 e. The normalized spacial score (nSPS) is 14.6. The van der Waals surface area contributed by atoms with E-state index in [1.165, 1.54) is 32.3 Å². The fourth-order valence-corrected chi connectivity index (χ4v) is 3.07. The standard InChI is InChI=1S/C19H26N2O4/c1-14(22)25-17-9-5-8-16(13-17)19(24)21-11-10-20-18(23)12-15-6-3-2-4-7-15/h5,8-9,13,15H,2-4,6-7,10-12H2,1H3,(H,20,23)(H,21,24). The van der Waals surface area contributed by atoms with Gasteiger partial charge in [0.05, 0.1) is 0 Å². The van der Waals surface area contributed by atoms with Gasteiger partial charge >= 0.3 is 5.97 Å². The molecule has 0 bridgehead atoms. The molecule has 0 radical (unpaired) electrons. The van der Waals surface area contributed by atoms with Crippen molar-refractivity contribution in [1.82, 2.24) is 10.6 Å². The van der Waals surface area contributed by atoms with Gasteiger partial charge in [0, 0.05) is 32.0 Å². The van der Waals surface area contributed by atoms with Crippen LogP contribution in [0.3, 0.4) is 0 Å². The highest BCUT2D eigenvalue weighted by atomic mass is 16.5. The maximum atomic E-state index is 12.1. The van der Waals surface area contributed by atoms with E-state index in [9.17, 15) is 14.4 Å². The lowest BCUT2D eigenvalue weighted by atomic mass is 9.87. The Balaban J connectivity index is 1.68. The second-order valence-electron chi connectivity index (χ2n) is 6.44. The van der Waals surface area contributed by atoms with E-state index in [0.29, 0.717) is 36.7 Å². The SMILES string of the molecule is CC(=O)Oc1cccc(C(=O)NCCNC(=O)CC2CCCCC2)c1. The van der Waals surface area contributed by atoms with E-state index in [1.807, 2.05) is 0 Å². The van der Waals surface area contributed by atoms with Crippen LogP contribution in [0.5, 0.6) is 5.75 Å². The van der Waals surface area contributed by atoms with Crippen LogP contribution in [0.25, 0.3) is 0 Å². The van der Waals surface area contributed by atoms with Crippen molar-refractivity contribution in [3.63, 3.8) is 0 Å². The van der Waals surface area contributed by atoms with E-state index in [-0.39, 0.29) is 11.8 Å². The Morgan fingerprint density at radius 1 is 1.08 bits per heavy atom. The molecule has 2 N–H and O–H groups in total. The molecule has 1 aromatic rings. The molecule has 0 saturated heterocycles. The lowest BCUT2D eigenvalue weighted by Crippen LogP contribution is -2.35. The number of hydrogen-bond acceptors (Lipinski definition) is 4. The highest BCUT2D eigenvalue weighted by molar-refractivity contribution is 5.94. The fourth-order valence-electron chi connectivity index (χ4n) is 3.07. The molecule has 0 spiro atoms. The first kappa shape index (κ1) is 19.0. The van der Waals surface area contributed by atoms with E-state index >= 15 is 0 Å². The number of nitrogens with one attached hydrogen (secondary N) is 2. The maximum Gasteiger partial charge on any atom is 0.308 e. The summed E-state index contributed by atoms with van der Waals surface area (Å²) in [6.07, 6.45) is 6.59. The molecule has 6 heteroatoms. The van der Waals surface area contributed by atoms with Crippen molar-refractivity contribution in [2.75, 3.05) is 13.1 Å². The molecule has 0 unspecified atom stereocenters. The lowest BCUT2D eigenvalue weighted by Gasteiger charge is -2.20. The number of rotatable bonds is 7. The zero-order valence-electron chi connectivity index (χ0n) is 14.7. The minimum atomic E-state index is -0.432. The third-order valence-electron chi connectivity index (χ3n) is 4.29. The topological polar surface area (TPSA) is 84.5 Å². The Bertz CT molecular complexity index is 609. The summed E-state index contributed by atoms with van der Waals surface area (Å²) in [7, 11) is 0. The molecule has 136 valence electrons. The Kier molecular flexibility index (Phi) is 7.44. The van der Waals surface area contributed by atoms with Crippen molar-refractivity contribution in [3.8, 4) is 5.75 Å². The van der Waals surface area contributed by atoms with E-state index in [0.717, 1.165) is 12.8 Å². The van der Waals surface area contributed by atoms with E-state index < -0.39 is 5.97 Å². The average Bonchev–Trinajstić information content (AvgIpc) is 2.59. The Hall–Kier alpha value is -2.37. The summed E-state index contributed by atoms with van der Waals surface area (Å²) in [5.41, 5.74) is 0.410. The first-order chi connectivity index (χ1) is 12.0. The first-order valence-electron chi connectivity index (χ1n) is 8.88. The van der Waals surface area contributed by atoms with Gasteiger partial charge in [-0.25, -0.2) is 0 Å². The number of benzene rings is 1. The minimum absolute atomic E-state index is 0.0537. The molecular formula is C19H26N2O4. The number of ether oxygens (including phenoxy) is 1. The molecule has 0 atom stereocenters. The highest BCUT2D eigenvalue weighted by Gasteiger charge is 2.16. The highest BCUT2D eigenvalue weighted by Crippen LogP contribution is 2.25. The van der Waals surface area contributed by atoms with Crippen molar-refractivity contribution in [1.29, 1.82) is 0 Å². The van der Waals surface area contributed by atoms with Crippen LogP contribution in [-0.2, 0) is 9.59 Å². The number of carbonyl (C=O) groups excluding carboxylic acids is 3. The number of esters is 1. The number of amides is 2. The van der Waals surface area contributed by atoms with Gasteiger partial charge < -0.3 is 15.4 Å². The second kappa shape index (κ2) is 9.81. The van der Waals surface area contributed by atoms with Gasteiger partial charge in [0.1, 0.15) is 5.75 Å². The van der Waals surface area contributed by atoms with E-state index in [2.05, 4.69) is 10.6 Å². The van der Waals surface area contributed by atoms with Crippen LogP contribution in [0.15, 0.2) is 24.3 Å². The van der Waals surface area contributed by atoms with Crippen LogP contribution < -0.4 is 15.4 Å². The van der Waals surface area contributed by atoms with Crippen LogP contribution in [0.4, 0.5) is 0 Å². The van der Waals surface area contributed by atoms with Crippen molar-refractivity contribution in [2.45, 2.75) is 45.4 Å². The van der Waals surface area contributed by atoms with Crippen LogP contribution in [0, 0.1) is 5.92 Å². The zero-order chi connectivity index (χ0) is 18.1. The molecule has 25 heavy (non-hydrogen) atoms. The van der Waals surface area contributed by atoms with Gasteiger partial charge in [0.15, 0.2) is 0 Å². The molecule has 0 heterocycles. The van der Waals surface area contributed by atoms with Gasteiger partial charge in [-0.05, 0) is 37.0 Å². The Labute approximate surface area is 148 Å². The average molecular weight is 346 g/mol. The van der Waals surface area contributed by atoms with Crippen LogP contribution in [0.2, 0.25) is 0 Å². The summed E-state index contributed by atoms with van der Waals surface area (Å²) in [6.45, 7) is 2.07. The quantitative estimate of drug-likeness (QED) is 0.451. The predicted octanol–water partition coefficient (Wildman–Crippen LogP) is 2.43. The van der Waals surface area contributed by atoms with Crippen molar-refractivity contribution >= 4 is 17.8 Å². The van der Waals surface area contributed by atoms with E-state index in [4.69, 9.17) is 4.74 Å². The second-order valence-corrected chi connectivity index (χ2v) is 6.44. The molecular weight excluding hydrogens is 320 g/mol. The molecule has 0 aliphatic heterocycles. The van der Waals surface area contributed by atoms with Crippen molar-refractivity contribution in [3.05, 3.63) is 29.8 Å². The van der Waals surface area contributed by atoms with Crippen LogP contribution in [-0.4, -0.2) is 30.9 Å². The number of hydrogen-bond donors (Lipinski definition) is 2. The smallest absolute Gasteiger partial charge is 0.308 e. The maximum absolute atomic E-state index is 12.1. The van der Waals surface area contributed by atoms with Crippen LogP contribution in [0.1, 0.15) is 55.8 Å². The summed E-state index contributed by atoms with van der Waals surface area (Å²) in [5.74, 6) is 0.195. The molecule has 1 aromatic carbocycles. The fraction of sp³-hybridized carbons (Fsp3) is 0.526. The van der Waals surface area contributed by atoms with Gasteiger partial charge in [0.2, 0.25) is 5.91 Å². The lowest BCUT2D eigenvalue weighted by molar-refractivity contribution is -0.131. The third kappa shape index (κ3) is 6.95. The molecule has 0 aromatic heterocycles. The van der Waals surface area contributed by atoms with Gasteiger partial charge in [-0.2, -0.15) is 0 Å². The van der Waals surface area contributed by atoms with Gasteiger partial charge in [-0.3, -0.25) is 14.4 Å². The minimum Gasteiger partial charge on any atom is -0.427 e. The Morgan fingerprint density at radius 2 is 1.80 bits per heavy atom. The molecule has 2 amide bonds. The first-order valence-corrected chi connectivity index (χ1v) is 8.88. The van der Waals surface area contributed by atoms with Crippen molar-refractivity contribution in [2.24, 2.45) is 5.92 Å². The molecule has 1 aliphatic carbocycles. The molecule has 1 fully saturated rings. The third-order valence-corrected chi connectivity index (χ3v) is 4.29. The summed E-state index contributed by atoms with van der Waals surface area (Å²) in [5, 5.41) is 5.60. The molecule has 1 aliphatic rings. The summed E-state index contributed by atoms with van der Waals surface area (Å²) in [6, 6.07) is 6.42. The molecule has 2 rings (SSSR count). The van der Waals surface area contributed by atoms with Gasteiger partial charge in [-0.1, -0.05) is 25.3 Å². The monoisotopic (exact) mass is 346 g/mol. The summed E-state index contributed by atoms with van der Waals surface area (Å²) >= 11 is 0. The van der Waals surface area contributed by atoms with E-state index in [1.54, 1.807) is 18.2 Å².